The number of ether oxygens (including phenoxy) is 1. The fraction of sp³-hybridized carbons (Fsp3) is 0.880. The van der Waals surface area contributed by atoms with E-state index in [1.165, 1.54) is 103 Å². The predicted molar refractivity (Wildman–Crippen MR) is 127 cm³/mol. The first-order chi connectivity index (χ1) is 13.8. The molecule has 0 atom stereocenters. The molecule has 0 aromatic carbocycles. The molecule has 0 aliphatic carbocycles. The largest absolute Gasteiger partial charge is 0.465 e. The van der Waals surface area contributed by atoms with Crippen LogP contribution in [0.2, 0.25) is 0 Å². The van der Waals surface area contributed by atoms with Gasteiger partial charge in [0.05, 0.1) is 0 Å². The molecule has 0 radical (unpaired) electrons. The number of carbonyl (C=O) groups excluding carboxylic acids is 1. The van der Waals surface area contributed by atoms with Crippen LogP contribution in [-0.4, -0.2) is 18.3 Å². The Bertz CT molecular complexity index is 341. The van der Waals surface area contributed by atoms with Crippen molar-refractivity contribution in [3.05, 3.63) is 12.2 Å². The summed E-state index contributed by atoms with van der Waals surface area (Å²) >= 11 is 4.03. The highest BCUT2D eigenvalue weighted by atomic mass is 32.1. The summed E-state index contributed by atoms with van der Waals surface area (Å²) < 4.78 is 5.01. The standard InChI is InChI=1S/C25H48O2S/c1-2-3-4-5-6-7-8-9-10-11-12-13-14-15-16-17-18-19-20-21-22-25(26)27-23-24-28/h5-6,28H,2-4,7-24H2,1H3/b6-5+. The second kappa shape index (κ2) is 24.6. The normalized spacial score (nSPS) is 11.4. The van der Waals surface area contributed by atoms with E-state index in [-0.39, 0.29) is 5.97 Å². The summed E-state index contributed by atoms with van der Waals surface area (Å²) in [5, 5.41) is 0. The van der Waals surface area contributed by atoms with Crippen LogP contribution in [-0.2, 0) is 9.53 Å². The SMILES string of the molecule is CCCC/C=C/CCCCCCCCCCCCCCCCC(=O)OCCS. The molecule has 2 nitrogen and oxygen atoms in total. The number of thiol groups is 1. The molecule has 0 heterocycles. The Balaban J connectivity index is 3.08. The molecule has 0 aliphatic rings. The topological polar surface area (TPSA) is 26.3 Å². The van der Waals surface area contributed by atoms with Crippen molar-refractivity contribution in [1.82, 2.24) is 0 Å². The van der Waals surface area contributed by atoms with Crippen LogP contribution in [0, 0.1) is 0 Å². The van der Waals surface area contributed by atoms with Gasteiger partial charge in [0.1, 0.15) is 6.61 Å². The van der Waals surface area contributed by atoms with E-state index < -0.39 is 0 Å². The molecule has 0 aromatic rings. The molecular weight excluding hydrogens is 364 g/mol. The van der Waals surface area contributed by atoms with Crippen LogP contribution in [0.15, 0.2) is 12.2 Å². The molecule has 3 heteroatoms. The predicted octanol–water partition coefficient (Wildman–Crippen LogP) is 8.45. The van der Waals surface area contributed by atoms with E-state index in [0.29, 0.717) is 18.8 Å². The van der Waals surface area contributed by atoms with Gasteiger partial charge < -0.3 is 4.74 Å². The van der Waals surface area contributed by atoms with E-state index in [1.807, 2.05) is 0 Å². The van der Waals surface area contributed by atoms with Gasteiger partial charge in [0.2, 0.25) is 0 Å². The maximum Gasteiger partial charge on any atom is 0.305 e. The monoisotopic (exact) mass is 412 g/mol. The number of esters is 1. The summed E-state index contributed by atoms with van der Waals surface area (Å²) in [4.78, 5) is 11.3. The number of allylic oxidation sites excluding steroid dienone is 2. The lowest BCUT2D eigenvalue weighted by molar-refractivity contribution is -0.143. The van der Waals surface area contributed by atoms with Gasteiger partial charge in [-0.1, -0.05) is 109 Å². The van der Waals surface area contributed by atoms with Crippen molar-refractivity contribution in [2.75, 3.05) is 12.4 Å². The van der Waals surface area contributed by atoms with E-state index in [1.54, 1.807) is 0 Å². The van der Waals surface area contributed by atoms with E-state index in [9.17, 15) is 4.79 Å². The Morgan fingerprint density at radius 3 is 1.57 bits per heavy atom. The van der Waals surface area contributed by atoms with Crippen molar-refractivity contribution in [3.63, 3.8) is 0 Å². The molecule has 0 rings (SSSR count). The Morgan fingerprint density at radius 2 is 1.11 bits per heavy atom. The highest BCUT2D eigenvalue weighted by Crippen LogP contribution is 2.14. The Morgan fingerprint density at radius 1 is 0.679 bits per heavy atom. The van der Waals surface area contributed by atoms with Gasteiger partial charge in [-0.3, -0.25) is 4.79 Å². The third kappa shape index (κ3) is 23.6. The van der Waals surface area contributed by atoms with Crippen LogP contribution in [0.3, 0.4) is 0 Å². The molecule has 0 fully saturated rings. The maximum absolute atomic E-state index is 11.3. The van der Waals surface area contributed by atoms with Crippen molar-refractivity contribution in [2.45, 2.75) is 129 Å². The van der Waals surface area contributed by atoms with Crippen LogP contribution in [0.5, 0.6) is 0 Å². The molecule has 28 heavy (non-hydrogen) atoms. The number of unbranched alkanes of at least 4 members (excludes halogenated alkanes) is 16. The molecule has 0 amide bonds. The van der Waals surface area contributed by atoms with Gasteiger partial charge in [0, 0.05) is 12.2 Å². The minimum atomic E-state index is -0.0618. The molecule has 0 N–H and O–H groups in total. The first-order valence-corrected chi connectivity index (χ1v) is 12.9. The molecule has 0 bridgehead atoms. The maximum atomic E-state index is 11.3. The minimum Gasteiger partial charge on any atom is -0.465 e. The number of hydrogen-bond donors (Lipinski definition) is 1. The summed E-state index contributed by atoms with van der Waals surface area (Å²) in [6, 6.07) is 0. The molecule has 0 saturated carbocycles. The third-order valence-electron chi connectivity index (χ3n) is 5.25. The number of rotatable bonds is 22. The molecule has 0 aliphatic heterocycles. The smallest absolute Gasteiger partial charge is 0.305 e. The third-order valence-corrected chi connectivity index (χ3v) is 5.43. The van der Waals surface area contributed by atoms with Gasteiger partial charge in [-0.25, -0.2) is 0 Å². The van der Waals surface area contributed by atoms with Crippen molar-refractivity contribution in [3.8, 4) is 0 Å². The zero-order valence-electron chi connectivity index (χ0n) is 18.8. The minimum absolute atomic E-state index is 0.0618. The number of carbonyl (C=O) groups is 1. The van der Waals surface area contributed by atoms with E-state index in [4.69, 9.17) is 4.74 Å². The highest BCUT2D eigenvalue weighted by Gasteiger charge is 2.01. The summed E-state index contributed by atoms with van der Waals surface area (Å²) in [6.45, 7) is 2.70. The Kier molecular flexibility index (Phi) is 24.2. The summed E-state index contributed by atoms with van der Waals surface area (Å²) in [5.74, 6) is 0.552. The van der Waals surface area contributed by atoms with Crippen LogP contribution in [0.25, 0.3) is 0 Å². The number of hydrogen-bond acceptors (Lipinski definition) is 3. The fourth-order valence-corrected chi connectivity index (χ4v) is 3.53. The van der Waals surface area contributed by atoms with Crippen LogP contribution < -0.4 is 0 Å². The Hall–Kier alpha value is -0.440. The van der Waals surface area contributed by atoms with Gasteiger partial charge in [-0.2, -0.15) is 12.6 Å². The zero-order valence-corrected chi connectivity index (χ0v) is 19.7. The fourth-order valence-electron chi connectivity index (χ4n) is 3.44. The quantitative estimate of drug-likeness (QED) is 0.0835. The average Bonchev–Trinajstić information content (AvgIpc) is 2.70. The molecule has 0 aromatic heterocycles. The van der Waals surface area contributed by atoms with Crippen molar-refractivity contribution < 1.29 is 9.53 Å². The second-order valence-electron chi connectivity index (χ2n) is 8.05. The molecule has 0 saturated heterocycles. The van der Waals surface area contributed by atoms with Gasteiger partial charge in [-0.05, 0) is 25.7 Å². The van der Waals surface area contributed by atoms with E-state index >= 15 is 0 Å². The lowest BCUT2D eigenvalue weighted by Crippen LogP contribution is -2.06. The van der Waals surface area contributed by atoms with E-state index in [0.717, 1.165) is 12.8 Å². The molecule has 0 unspecified atom stereocenters. The van der Waals surface area contributed by atoms with Gasteiger partial charge in [0.25, 0.3) is 0 Å². The molecule has 166 valence electrons. The molecule has 0 spiro atoms. The highest BCUT2D eigenvalue weighted by molar-refractivity contribution is 7.80. The average molecular weight is 413 g/mol. The molecular formula is C25H48O2S. The lowest BCUT2D eigenvalue weighted by atomic mass is 10.0. The van der Waals surface area contributed by atoms with Crippen molar-refractivity contribution >= 4 is 18.6 Å². The van der Waals surface area contributed by atoms with Crippen LogP contribution in [0.1, 0.15) is 129 Å². The van der Waals surface area contributed by atoms with Gasteiger partial charge in [0.15, 0.2) is 0 Å². The summed E-state index contributed by atoms with van der Waals surface area (Å²) in [5.41, 5.74) is 0. The lowest BCUT2D eigenvalue weighted by Gasteiger charge is -2.04. The zero-order chi connectivity index (χ0) is 20.5. The van der Waals surface area contributed by atoms with E-state index in [2.05, 4.69) is 31.7 Å². The van der Waals surface area contributed by atoms with Gasteiger partial charge in [-0.15, -0.1) is 0 Å². The second-order valence-corrected chi connectivity index (χ2v) is 8.49. The van der Waals surface area contributed by atoms with Crippen LogP contribution in [0.4, 0.5) is 0 Å². The van der Waals surface area contributed by atoms with Crippen molar-refractivity contribution in [2.24, 2.45) is 0 Å². The first kappa shape index (κ1) is 27.6. The first-order valence-electron chi connectivity index (χ1n) is 12.2. The summed E-state index contributed by atoms with van der Waals surface area (Å²) in [7, 11) is 0. The van der Waals surface area contributed by atoms with Crippen LogP contribution >= 0.6 is 12.6 Å². The van der Waals surface area contributed by atoms with Gasteiger partial charge >= 0.3 is 5.97 Å². The van der Waals surface area contributed by atoms with Crippen molar-refractivity contribution in [1.29, 1.82) is 0 Å². The summed E-state index contributed by atoms with van der Waals surface area (Å²) in [6.07, 6.45) is 29.3. The Labute approximate surface area is 181 Å².